The van der Waals surface area contributed by atoms with Gasteiger partial charge in [0.15, 0.2) is 11.7 Å². The van der Waals surface area contributed by atoms with Gasteiger partial charge in [-0.05, 0) is 43.3 Å². The fourth-order valence-electron chi connectivity index (χ4n) is 2.47. The Balaban J connectivity index is 1.56. The maximum atomic E-state index is 13.5. The molecule has 1 aromatic heterocycles. The zero-order chi connectivity index (χ0) is 19.2. The maximum absolute atomic E-state index is 13.5. The second kappa shape index (κ2) is 8.44. The molecular weight excluding hydrogens is 354 g/mol. The lowest BCUT2D eigenvalue weighted by atomic mass is 10.2. The summed E-state index contributed by atoms with van der Waals surface area (Å²) < 4.78 is 37.5. The molecule has 0 bridgehead atoms. The molecule has 0 aliphatic rings. The number of ether oxygens (including phenoxy) is 1. The van der Waals surface area contributed by atoms with E-state index in [4.69, 9.17) is 9.15 Å². The Bertz CT molecular complexity index is 923. The third-order valence-electron chi connectivity index (χ3n) is 3.77. The monoisotopic (exact) mass is 372 g/mol. The summed E-state index contributed by atoms with van der Waals surface area (Å²) in [5, 5.41) is 2.40. The number of hydrogen-bond acceptors (Lipinski definition) is 4. The average molecular weight is 372 g/mol. The Hall–Kier alpha value is -3.22. The summed E-state index contributed by atoms with van der Waals surface area (Å²) in [6.07, 6.45) is 1.90. The number of hydrogen-bond donors (Lipinski definition) is 1. The number of nitrogens with zero attached hydrogens (tertiary/aromatic N) is 1. The van der Waals surface area contributed by atoms with Crippen LogP contribution in [-0.2, 0) is 11.2 Å². The first-order valence-corrected chi connectivity index (χ1v) is 8.48. The van der Waals surface area contributed by atoms with Gasteiger partial charge in [-0.15, -0.1) is 0 Å². The number of amides is 1. The molecule has 0 atom stereocenters. The van der Waals surface area contributed by atoms with Gasteiger partial charge in [0.05, 0.1) is 18.5 Å². The highest BCUT2D eigenvalue weighted by Gasteiger charge is 2.11. The number of aryl methyl sites for hydroxylation is 1. The lowest BCUT2D eigenvalue weighted by molar-refractivity contribution is -0.116. The molecule has 3 rings (SSSR count). The lowest BCUT2D eigenvalue weighted by Crippen LogP contribution is -2.13. The van der Waals surface area contributed by atoms with Crippen LogP contribution in [0.4, 0.5) is 14.5 Å². The second-order valence-corrected chi connectivity index (χ2v) is 5.75. The minimum absolute atomic E-state index is 0.0556. The molecule has 0 radical (unpaired) electrons. The molecule has 140 valence electrons. The number of carbonyl (C=O) groups is 1. The van der Waals surface area contributed by atoms with Crippen molar-refractivity contribution in [3.63, 3.8) is 0 Å². The van der Waals surface area contributed by atoms with Gasteiger partial charge in [-0.2, -0.15) is 0 Å². The largest absolute Gasteiger partial charge is 0.494 e. The van der Waals surface area contributed by atoms with E-state index in [1.54, 1.807) is 6.20 Å². The van der Waals surface area contributed by atoms with Gasteiger partial charge in [0.1, 0.15) is 17.4 Å². The third kappa shape index (κ3) is 4.91. The van der Waals surface area contributed by atoms with Crippen LogP contribution in [0.3, 0.4) is 0 Å². The number of nitrogens with one attached hydrogen (secondary N) is 1. The van der Waals surface area contributed by atoms with Crippen molar-refractivity contribution < 1.29 is 22.7 Å². The number of anilines is 1. The van der Waals surface area contributed by atoms with Crippen molar-refractivity contribution >= 4 is 11.6 Å². The summed E-state index contributed by atoms with van der Waals surface area (Å²) in [4.78, 5) is 16.1. The number of halogens is 2. The van der Waals surface area contributed by atoms with Crippen molar-refractivity contribution in [3.05, 3.63) is 66.2 Å². The molecule has 0 aliphatic heterocycles. The molecule has 0 saturated heterocycles. The molecule has 0 aliphatic carbocycles. The van der Waals surface area contributed by atoms with Crippen LogP contribution < -0.4 is 10.1 Å². The number of carbonyl (C=O) groups excluding carboxylic acids is 1. The van der Waals surface area contributed by atoms with Crippen LogP contribution in [0.2, 0.25) is 0 Å². The summed E-state index contributed by atoms with van der Waals surface area (Å²) in [5.41, 5.74) is 0.777. The van der Waals surface area contributed by atoms with E-state index >= 15 is 0 Å². The van der Waals surface area contributed by atoms with E-state index in [2.05, 4.69) is 10.3 Å². The zero-order valence-electron chi connectivity index (χ0n) is 14.7. The normalized spacial score (nSPS) is 10.6. The third-order valence-corrected chi connectivity index (χ3v) is 3.77. The zero-order valence-corrected chi connectivity index (χ0v) is 14.7. The van der Waals surface area contributed by atoms with Gasteiger partial charge >= 0.3 is 0 Å². The van der Waals surface area contributed by atoms with Crippen LogP contribution in [0, 0.1) is 11.6 Å². The molecule has 1 N–H and O–H groups in total. The molecule has 1 amide bonds. The van der Waals surface area contributed by atoms with Crippen LogP contribution in [-0.4, -0.2) is 17.5 Å². The van der Waals surface area contributed by atoms with Crippen molar-refractivity contribution in [1.82, 2.24) is 4.98 Å². The second-order valence-electron chi connectivity index (χ2n) is 5.75. The maximum Gasteiger partial charge on any atom is 0.224 e. The van der Waals surface area contributed by atoms with Gasteiger partial charge < -0.3 is 14.5 Å². The standard InChI is InChI=1S/C20H18F2N2O3/c1-2-26-15-6-3-13(4-7-15)18-12-23-20(27-18)10-9-19(25)24-17-8-5-14(21)11-16(17)22/h3-8,11-12H,2,9-10H2,1H3,(H,24,25). The number of benzene rings is 2. The van der Waals surface area contributed by atoms with Crippen molar-refractivity contribution in [2.24, 2.45) is 0 Å². The number of aromatic nitrogens is 1. The highest BCUT2D eigenvalue weighted by Crippen LogP contribution is 2.24. The predicted octanol–water partition coefficient (Wildman–Crippen LogP) is 4.59. The first-order chi connectivity index (χ1) is 13.0. The molecule has 7 heteroatoms. The summed E-state index contributed by atoms with van der Waals surface area (Å²) in [5.74, 6) is -0.192. The van der Waals surface area contributed by atoms with E-state index in [1.165, 1.54) is 6.07 Å². The Kier molecular flexibility index (Phi) is 5.80. The highest BCUT2D eigenvalue weighted by molar-refractivity contribution is 5.90. The summed E-state index contributed by atoms with van der Waals surface area (Å²) >= 11 is 0. The Labute approximate surface area is 155 Å². The van der Waals surface area contributed by atoms with Crippen molar-refractivity contribution in [3.8, 4) is 17.1 Å². The van der Waals surface area contributed by atoms with E-state index < -0.39 is 17.5 Å². The lowest BCUT2D eigenvalue weighted by Gasteiger charge is -2.05. The van der Waals surface area contributed by atoms with Gasteiger partial charge in [-0.25, -0.2) is 13.8 Å². The Morgan fingerprint density at radius 3 is 2.67 bits per heavy atom. The molecular formula is C20H18F2N2O3. The summed E-state index contributed by atoms with van der Waals surface area (Å²) in [6, 6.07) is 10.4. The van der Waals surface area contributed by atoms with Crippen LogP contribution in [0.1, 0.15) is 19.2 Å². The van der Waals surface area contributed by atoms with E-state index in [1.807, 2.05) is 31.2 Å². The summed E-state index contributed by atoms with van der Waals surface area (Å²) in [6.45, 7) is 2.51. The molecule has 2 aromatic carbocycles. The SMILES string of the molecule is CCOc1ccc(-c2cnc(CCC(=O)Nc3ccc(F)cc3F)o2)cc1. The average Bonchev–Trinajstić information content (AvgIpc) is 3.12. The molecule has 5 nitrogen and oxygen atoms in total. The van der Waals surface area contributed by atoms with E-state index in [0.717, 1.165) is 17.4 Å². The van der Waals surface area contributed by atoms with Gasteiger partial charge in [0.2, 0.25) is 5.91 Å². The van der Waals surface area contributed by atoms with Gasteiger partial charge in [-0.3, -0.25) is 4.79 Å². The van der Waals surface area contributed by atoms with Crippen LogP contribution in [0.15, 0.2) is 53.1 Å². The van der Waals surface area contributed by atoms with Crippen molar-refractivity contribution in [2.75, 3.05) is 11.9 Å². The fourth-order valence-corrected chi connectivity index (χ4v) is 2.47. The quantitative estimate of drug-likeness (QED) is 0.659. The predicted molar refractivity (Wildman–Crippen MR) is 96.4 cm³/mol. The van der Waals surface area contributed by atoms with Gasteiger partial charge in [0.25, 0.3) is 0 Å². The van der Waals surface area contributed by atoms with E-state index in [9.17, 15) is 13.6 Å². The molecule has 0 fully saturated rings. The first kappa shape index (κ1) is 18.6. The molecule has 0 saturated carbocycles. The minimum Gasteiger partial charge on any atom is -0.494 e. The van der Waals surface area contributed by atoms with E-state index in [-0.39, 0.29) is 18.5 Å². The van der Waals surface area contributed by atoms with Crippen LogP contribution >= 0.6 is 0 Å². The molecule has 3 aromatic rings. The summed E-state index contributed by atoms with van der Waals surface area (Å²) in [7, 11) is 0. The topological polar surface area (TPSA) is 64.4 Å². The Morgan fingerprint density at radius 1 is 1.19 bits per heavy atom. The van der Waals surface area contributed by atoms with Crippen molar-refractivity contribution in [2.45, 2.75) is 19.8 Å². The van der Waals surface area contributed by atoms with Crippen LogP contribution in [0.25, 0.3) is 11.3 Å². The smallest absolute Gasteiger partial charge is 0.224 e. The van der Waals surface area contributed by atoms with Gasteiger partial charge in [0, 0.05) is 24.5 Å². The molecule has 1 heterocycles. The molecule has 27 heavy (non-hydrogen) atoms. The van der Waals surface area contributed by atoms with Crippen molar-refractivity contribution in [1.29, 1.82) is 0 Å². The molecule has 0 spiro atoms. The minimum atomic E-state index is -0.822. The molecule has 0 unspecified atom stereocenters. The number of rotatable bonds is 7. The number of oxazole rings is 1. The first-order valence-electron chi connectivity index (χ1n) is 8.48. The van der Waals surface area contributed by atoms with Gasteiger partial charge in [-0.1, -0.05) is 0 Å². The highest BCUT2D eigenvalue weighted by atomic mass is 19.1. The fraction of sp³-hybridized carbons (Fsp3) is 0.200. The van der Waals surface area contributed by atoms with Crippen LogP contribution in [0.5, 0.6) is 5.75 Å². The Morgan fingerprint density at radius 2 is 1.96 bits per heavy atom. The van der Waals surface area contributed by atoms with E-state index in [0.29, 0.717) is 24.3 Å².